The number of para-hydroxylation sites is 1. The van der Waals surface area contributed by atoms with E-state index < -0.39 is 0 Å². The minimum atomic E-state index is 0.00616. The first-order valence-electron chi connectivity index (χ1n) is 10.0. The summed E-state index contributed by atoms with van der Waals surface area (Å²) in [4.78, 5) is 21.3. The second-order valence-corrected chi connectivity index (χ2v) is 7.51. The molecule has 1 saturated heterocycles. The smallest absolute Gasteiger partial charge is 0.246 e. The Morgan fingerprint density at radius 2 is 1.93 bits per heavy atom. The summed E-state index contributed by atoms with van der Waals surface area (Å²) in [7, 11) is 0. The Hall–Kier alpha value is -3.28. The molecule has 1 fully saturated rings. The number of rotatable bonds is 5. The third-order valence-corrected chi connectivity index (χ3v) is 4.96. The van der Waals surface area contributed by atoms with Gasteiger partial charge in [-0.25, -0.2) is 4.98 Å². The Balaban J connectivity index is 1.37. The van der Waals surface area contributed by atoms with Crippen LogP contribution in [0.3, 0.4) is 0 Å². The number of fused-ring (bicyclic) bond motifs is 1. The molecular formula is C23H26N4O2. The van der Waals surface area contributed by atoms with Crippen molar-refractivity contribution >= 4 is 34.5 Å². The number of carbonyl (C=O) groups excluding carboxylic acids is 1. The zero-order valence-corrected chi connectivity index (χ0v) is 16.8. The molecule has 6 nitrogen and oxygen atoms in total. The van der Waals surface area contributed by atoms with Crippen molar-refractivity contribution in [2.24, 2.45) is 0 Å². The van der Waals surface area contributed by atoms with E-state index in [1.54, 1.807) is 12.2 Å². The van der Waals surface area contributed by atoms with Crippen LogP contribution in [0.2, 0.25) is 0 Å². The number of anilines is 2. The number of furan rings is 1. The molecule has 4 rings (SSSR count). The SMILES string of the molecule is CC(C)Nc1cccnc1N1CCN(C(=O)/C=C/c2cc3ccccc3o2)CC1. The molecule has 0 unspecified atom stereocenters. The van der Waals surface area contributed by atoms with E-state index in [2.05, 4.69) is 35.1 Å². The number of hydrogen-bond acceptors (Lipinski definition) is 5. The zero-order chi connectivity index (χ0) is 20.2. The average Bonchev–Trinajstić information content (AvgIpc) is 3.15. The molecule has 1 aliphatic heterocycles. The molecule has 29 heavy (non-hydrogen) atoms. The molecule has 1 N–H and O–H groups in total. The van der Waals surface area contributed by atoms with Crippen molar-refractivity contribution in [3.8, 4) is 0 Å². The summed E-state index contributed by atoms with van der Waals surface area (Å²) in [5.41, 5.74) is 1.86. The van der Waals surface area contributed by atoms with Gasteiger partial charge in [0.1, 0.15) is 11.3 Å². The molecule has 1 aromatic carbocycles. The van der Waals surface area contributed by atoms with E-state index in [1.165, 1.54) is 0 Å². The zero-order valence-electron chi connectivity index (χ0n) is 16.8. The van der Waals surface area contributed by atoms with Crippen LogP contribution in [0, 0.1) is 0 Å². The number of hydrogen-bond donors (Lipinski definition) is 1. The molecule has 1 amide bonds. The van der Waals surface area contributed by atoms with Crippen LogP contribution in [0.5, 0.6) is 0 Å². The van der Waals surface area contributed by atoms with Crippen molar-refractivity contribution in [2.75, 3.05) is 36.4 Å². The van der Waals surface area contributed by atoms with Crippen molar-refractivity contribution in [3.63, 3.8) is 0 Å². The number of carbonyl (C=O) groups is 1. The number of aromatic nitrogens is 1. The molecule has 0 radical (unpaired) electrons. The van der Waals surface area contributed by atoms with E-state index in [0.717, 1.165) is 35.6 Å². The molecule has 1 aliphatic rings. The third-order valence-electron chi connectivity index (χ3n) is 4.96. The second kappa shape index (κ2) is 8.39. The van der Waals surface area contributed by atoms with Gasteiger partial charge in [-0.15, -0.1) is 0 Å². The van der Waals surface area contributed by atoms with Crippen molar-refractivity contribution in [3.05, 3.63) is 60.5 Å². The van der Waals surface area contributed by atoms with Crippen molar-refractivity contribution < 1.29 is 9.21 Å². The lowest BCUT2D eigenvalue weighted by Gasteiger charge is -2.36. The van der Waals surface area contributed by atoms with Gasteiger partial charge in [-0.05, 0) is 44.2 Å². The summed E-state index contributed by atoms with van der Waals surface area (Å²) >= 11 is 0. The van der Waals surface area contributed by atoms with Gasteiger partial charge in [0.2, 0.25) is 5.91 Å². The maximum absolute atomic E-state index is 12.6. The Morgan fingerprint density at radius 3 is 2.69 bits per heavy atom. The first-order valence-corrected chi connectivity index (χ1v) is 10.0. The summed E-state index contributed by atoms with van der Waals surface area (Å²) in [5.74, 6) is 1.65. The molecule has 0 atom stereocenters. The van der Waals surface area contributed by atoms with Crippen molar-refractivity contribution in [2.45, 2.75) is 19.9 Å². The van der Waals surface area contributed by atoms with Gasteiger partial charge in [0, 0.05) is 49.9 Å². The number of nitrogens with one attached hydrogen (secondary N) is 1. The molecule has 0 saturated carbocycles. The van der Waals surface area contributed by atoms with Crippen LogP contribution in [0.4, 0.5) is 11.5 Å². The monoisotopic (exact) mass is 390 g/mol. The molecule has 0 aliphatic carbocycles. The number of pyridine rings is 1. The van der Waals surface area contributed by atoms with Crippen molar-refractivity contribution in [1.29, 1.82) is 0 Å². The van der Waals surface area contributed by atoms with Gasteiger partial charge >= 0.3 is 0 Å². The van der Waals surface area contributed by atoms with Crippen LogP contribution in [0.1, 0.15) is 19.6 Å². The Labute approximate surface area is 170 Å². The van der Waals surface area contributed by atoms with Crippen LogP contribution < -0.4 is 10.2 Å². The summed E-state index contributed by atoms with van der Waals surface area (Å²) in [5, 5.41) is 4.48. The van der Waals surface area contributed by atoms with Gasteiger partial charge < -0.3 is 19.5 Å². The quantitative estimate of drug-likeness (QED) is 0.667. The number of benzene rings is 1. The molecule has 6 heteroatoms. The molecule has 150 valence electrons. The van der Waals surface area contributed by atoms with Crippen LogP contribution >= 0.6 is 0 Å². The summed E-state index contributed by atoms with van der Waals surface area (Å²) in [6, 6.07) is 14.1. The van der Waals surface area contributed by atoms with E-state index in [-0.39, 0.29) is 5.91 Å². The lowest BCUT2D eigenvalue weighted by atomic mass is 10.2. The highest BCUT2D eigenvalue weighted by Crippen LogP contribution is 2.25. The maximum Gasteiger partial charge on any atom is 0.246 e. The molecular weight excluding hydrogens is 364 g/mol. The number of amides is 1. The maximum atomic E-state index is 12.6. The Kier molecular flexibility index (Phi) is 5.51. The van der Waals surface area contributed by atoms with Crippen molar-refractivity contribution in [1.82, 2.24) is 9.88 Å². The Bertz CT molecular complexity index is 983. The molecule has 3 aromatic rings. The van der Waals surface area contributed by atoms with E-state index in [0.29, 0.717) is 24.9 Å². The number of nitrogens with zero attached hydrogens (tertiary/aromatic N) is 3. The van der Waals surface area contributed by atoms with E-state index in [4.69, 9.17) is 4.42 Å². The molecule has 0 spiro atoms. The van der Waals surface area contributed by atoms with E-state index in [1.807, 2.05) is 47.5 Å². The summed E-state index contributed by atoms with van der Waals surface area (Å²) in [6.45, 7) is 7.08. The first kappa shape index (κ1) is 19.1. The fraction of sp³-hybridized carbons (Fsp3) is 0.304. The molecule has 0 bridgehead atoms. The van der Waals surface area contributed by atoms with Gasteiger partial charge in [-0.3, -0.25) is 4.79 Å². The predicted molar refractivity (Wildman–Crippen MR) is 117 cm³/mol. The van der Waals surface area contributed by atoms with Gasteiger partial charge in [0.25, 0.3) is 0 Å². The van der Waals surface area contributed by atoms with Crippen LogP contribution in [-0.4, -0.2) is 48.0 Å². The van der Waals surface area contributed by atoms with Gasteiger partial charge in [-0.2, -0.15) is 0 Å². The summed E-state index contributed by atoms with van der Waals surface area (Å²) in [6.07, 6.45) is 5.16. The normalized spacial score (nSPS) is 14.9. The lowest BCUT2D eigenvalue weighted by molar-refractivity contribution is -0.126. The van der Waals surface area contributed by atoms with Crippen LogP contribution in [0.15, 0.2) is 59.2 Å². The van der Waals surface area contributed by atoms with Gasteiger partial charge in [-0.1, -0.05) is 18.2 Å². The van der Waals surface area contributed by atoms with E-state index in [9.17, 15) is 4.79 Å². The number of piperazine rings is 1. The van der Waals surface area contributed by atoms with Crippen LogP contribution in [-0.2, 0) is 4.79 Å². The first-order chi connectivity index (χ1) is 14.1. The molecule has 3 heterocycles. The largest absolute Gasteiger partial charge is 0.457 e. The highest BCUT2D eigenvalue weighted by atomic mass is 16.3. The predicted octanol–water partition coefficient (Wildman–Crippen LogP) is 4.01. The topological polar surface area (TPSA) is 61.6 Å². The van der Waals surface area contributed by atoms with Crippen LogP contribution in [0.25, 0.3) is 17.0 Å². The van der Waals surface area contributed by atoms with Gasteiger partial charge in [0.05, 0.1) is 5.69 Å². The second-order valence-electron chi connectivity index (χ2n) is 7.51. The summed E-state index contributed by atoms with van der Waals surface area (Å²) < 4.78 is 5.74. The minimum Gasteiger partial charge on any atom is -0.457 e. The Morgan fingerprint density at radius 1 is 1.14 bits per heavy atom. The third kappa shape index (κ3) is 4.42. The standard InChI is InChI=1S/C23H26N4O2/c1-17(2)25-20-7-5-11-24-23(20)27-14-12-26(13-15-27)22(28)10-9-19-16-18-6-3-4-8-21(18)29-19/h3-11,16-17,25H,12-15H2,1-2H3/b10-9+. The minimum absolute atomic E-state index is 0.00616. The average molecular weight is 390 g/mol. The fourth-order valence-corrected chi connectivity index (χ4v) is 3.55. The lowest BCUT2D eigenvalue weighted by Crippen LogP contribution is -2.48. The van der Waals surface area contributed by atoms with Gasteiger partial charge in [0.15, 0.2) is 5.82 Å². The molecule has 2 aromatic heterocycles. The highest BCUT2D eigenvalue weighted by molar-refractivity contribution is 5.92. The fourth-order valence-electron chi connectivity index (χ4n) is 3.55. The van der Waals surface area contributed by atoms with E-state index >= 15 is 0 Å². The highest BCUT2D eigenvalue weighted by Gasteiger charge is 2.22.